The summed E-state index contributed by atoms with van der Waals surface area (Å²) in [6.45, 7) is 0. The van der Waals surface area contributed by atoms with E-state index in [0.29, 0.717) is 0 Å². The van der Waals surface area contributed by atoms with Gasteiger partial charge in [0.15, 0.2) is 5.82 Å². The van der Waals surface area contributed by atoms with E-state index in [4.69, 9.17) is 27.4 Å². The van der Waals surface area contributed by atoms with Crippen LogP contribution in [0.4, 0.5) is 0 Å². The third kappa shape index (κ3) is 4.00. The third-order valence-corrected chi connectivity index (χ3v) is 8.17. The average molecular weight is 681 g/mol. The first-order chi connectivity index (χ1) is 36.5. The van der Waals surface area contributed by atoms with Crippen LogP contribution in [0.2, 0.25) is 0 Å². The maximum absolute atomic E-state index is 9.60. The fraction of sp³-hybridized carbons (Fsp3) is 0. The van der Waals surface area contributed by atoms with E-state index >= 15 is 0 Å². The molecule has 0 radical (unpaired) electrons. The van der Waals surface area contributed by atoms with Gasteiger partial charge < -0.3 is 0 Å². The maximum Gasteiger partial charge on any atom is 0.240 e. The van der Waals surface area contributed by atoms with Crippen molar-refractivity contribution in [2.75, 3.05) is 0 Å². The van der Waals surface area contributed by atoms with Crippen molar-refractivity contribution < 1.29 is 37.0 Å². The highest BCUT2D eigenvalue weighted by molar-refractivity contribution is 6.11. The molecule has 0 atom stereocenters. The van der Waals surface area contributed by atoms with Crippen molar-refractivity contribution in [3.05, 3.63) is 163 Å². The van der Waals surface area contributed by atoms with Crippen LogP contribution in [0.1, 0.15) is 37.0 Å². The second-order valence-corrected chi connectivity index (χ2v) is 10.8. The molecule has 11 aromatic rings. The summed E-state index contributed by atoms with van der Waals surface area (Å²) in [5, 5.41) is -3.00. The van der Waals surface area contributed by atoms with Gasteiger partial charge in [-0.3, -0.25) is 13.7 Å². The maximum atomic E-state index is 9.60. The van der Waals surface area contributed by atoms with E-state index in [1.807, 2.05) is 0 Å². The Morgan fingerprint density at radius 1 is 0.373 bits per heavy atom. The Kier molecular flexibility index (Phi) is 2.59. The van der Waals surface area contributed by atoms with Gasteiger partial charge in [-0.2, -0.15) is 15.0 Å². The summed E-state index contributed by atoms with van der Waals surface area (Å²) >= 11 is 0. The first-order valence-electron chi connectivity index (χ1n) is 28.3. The van der Waals surface area contributed by atoms with Crippen LogP contribution < -0.4 is 0 Å². The van der Waals surface area contributed by atoms with Crippen molar-refractivity contribution in [2.45, 2.75) is 0 Å². The number of fused-ring (bicyclic) bond motifs is 9. The molecule has 0 N–H and O–H groups in total. The van der Waals surface area contributed by atoms with Crippen LogP contribution in [-0.2, 0) is 0 Å². The second-order valence-electron chi connectivity index (χ2n) is 10.8. The van der Waals surface area contributed by atoms with Crippen LogP contribution in [0, 0.1) is 0 Å². The molecule has 0 aliphatic rings. The molecule has 0 saturated carbocycles. The Labute approximate surface area is 329 Å². The average Bonchev–Trinajstić information content (AvgIpc) is 4.31. The van der Waals surface area contributed by atoms with E-state index in [1.165, 1.54) is 0 Å². The van der Waals surface area contributed by atoms with Gasteiger partial charge in [-0.15, -0.1) is 0 Å². The van der Waals surface area contributed by atoms with Crippen molar-refractivity contribution in [1.82, 2.24) is 33.6 Å². The van der Waals surface area contributed by atoms with Gasteiger partial charge in [0, 0.05) is 44.1 Å². The van der Waals surface area contributed by atoms with Crippen LogP contribution in [-0.4, -0.2) is 33.6 Å². The highest BCUT2D eigenvalue weighted by atomic mass is 15.3. The number of rotatable bonds is 4. The van der Waals surface area contributed by atoms with E-state index < -0.39 is 258 Å². The van der Waals surface area contributed by atoms with Crippen LogP contribution in [0.15, 0.2) is 163 Å². The number of pyridine rings is 1. The molecule has 0 amide bonds. The molecule has 0 spiro atoms. The quantitative estimate of drug-likeness (QED) is 0.186. The molecule has 0 bridgehead atoms. The topological polar surface area (TPSA) is 66.3 Å². The summed E-state index contributed by atoms with van der Waals surface area (Å²) in [5.74, 6) is -2.82. The molecule has 0 aliphatic heterocycles. The number of hydrogen-bond acceptors (Lipinski definition) is 4. The van der Waals surface area contributed by atoms with Crippen molar-refractivity contribution in [1.29, 1.82) is 0 Å². The number of nitrogens with zero attached hydrogens (tertiary/aromatic N) is 7. The lowest BCUT2D eigenvalue weighted by Crippen LogP contribution is -2.11. The zero-order chi connectivity index (χ0) is 57.0. The van der Waals surface area contributed by atoms with Gasteiger partial charge in [-0.05, 0) is 54.4 Å². The second kappa shape index (κ2) is 10.7. The van der Waals surface area contributed by atoms with Gasteiger partial charge in [0.1, 0.15) is 5.65 Å². The standard InChI is InChI=1S/C44H27N7/c1-8-22-36-28(14-1)29-15-2-9-23-37(29)50(36)43-46-41(47-44(48-43)51-38-24-10-3-16-30(38)31-17-4-11-25-39(31)51)34-19-6-12-26-40(34)49-35-21-7-5-18-32(35)33-20-13-27-45-42(33)49/h1-27H/i1D,2D,3D,4D,5D,6D,7D,8D,9D,10D,11D,12D,13D,14D,15D,16D,17D,18D,19D,20D,21D,22D,23D,24D,25D,26D,27D. The SMILES string of the molecule is [2H]c1nc2c(c([2H])c1[2H])c1c([2H])c([2H])c([2H])c([2H])c1n2-c1c([2H])c([2H])c([2H])c([2H])c1-c1nc(-n2c3c([2H])c([2H])c([2H])c([2H])c3c3c([2H])c([2H])c([2H])c([2H])c32)nc(-n2c3c([2H])c([2H])c([2H])c([2H])c3c3c([2H])c([2H])c([2H])c([2H])c32)n1. The number of benzene rings is 6. The Balaban J connectivity index is 1.46. The largest absolute Gasteiger partial charge is 0.293 e. The van der Waals surface area contributed by atoms with Crippen LogP contribution in [0.25, 0.3) is 94.5 Å². The van der Waals surface area contributed by atoms with Gasteiger partial charge in [0.2, 0.25) is 11.9 Å². The summed E-state index contributed by atoms with van der Waals surface area (Å²) < 4.78 is 243. The summed E-state index contributed by atoms with van der Waals surface area (Å²) in [7, 11) is 0. The van der Waals surface area contributed by atoms with E-state index in [1.54, 1.807) is 0 Å². The summed E-state index contributed by atoms with van der Waals surface area (Å²) in [6, 6.07) is -23.0. The molecule has 0 aliphatic carbocycles. The van der Waals surface area contributed by atoms with Gasteiger partial charge in [0.25, 0.3) is 0 Å². The third-order valence-electron chi connectivity index (χ3n) is 8.17. The molecule has 238 valence electrons. The lowest BCUT2D eigenvalue weighted by molar-refractivity contribution is 0.892. The number of hydrogen-bond donors (Lipinski definition) is 0. The molecule has 7 heteroatoms. The highest BCUT2D eigenvalue weighted by Crippen LogP contribution is 2.37. The van der Waals surface area contributed by atoms with Gasteiger partial charge in [-0.25, -0.2) is 4.98 Å². The molecule has 11 rings (SSSR count). The lowest BCUT2D eigenvalue weighted by atomic mass is 10.1. The highest BCUT2D eigenvalue weighted by Gasteiger charge is 2.22. The van der Waals surface area contributed by atoms with E-state index in [0.717, 1.165) is 13.7 Å². The predicted molar refractivity (Wildman–Crippen MR) is 206 cm³/mol. The van der Waals surface area contributed by atoms with Gasteiger partial charge in [-0.1, -0.05) is 103 Å². The Bertz CT molecular complexity index is 4380. The van der Waals surface area contributed by atoms with Crippen molar-refractivity contribution in [3.63, 3.8) is 0 Å². The molecule has 6 aromatic carbocycles. The minimum Gasteiger partial charge on any atom is -0.293 e. The summed E-state index contributed by atoms with van der Waals surface area (Å²) in [4.78, 5) is 18.0. The van der Waals surface area contributed by atoms with Gasteiger partial charge >= 0.3 is 0 Å². The van der Waals surface area contributed by atoms with Gasteiger partial charge in [0.05, 0.1) is 70.3 Å². The van der Waals surface area contributed by atoms with Crippen molar-refractivity contribution >= 4 is 65.5 Å². The zero-order valence-electron chi connectivity index (χ0n) is 52.1. The molecule has 0 fully saturated rings. The monoisotopic (exact) mass is 680 g/mol. The van der Waals surface area contributed by atoms with E-state index in [-0.39, 0.29) is 0 Å². The molecule has 51 heavy (non-hydrogen) atoms. The smallest absolute Gasteiger partial charge is 0.240 e. The normalized spacial score (nSPS) is 19.3. The summed E-state index contributed by atoms with van der Waals surface area (Å²) in [6.07, 6.45) is -0.889. The predicted octanol–water partition coefficient (Wildman–Crippen LogP) is 10.2. The molecule has 0 unspecified atom stereocenters. The molecular formula is C44H27N7. The molecular weight excluding hydrogens is 627 g/mol. The zero-order valence-corrected chi connectivity index (χ0v) is 25.1. The van der Waals surface area contributed by atoms with E-state index in [9.17, 15) is 9.60 Å². The molecule has 7 nitrogen and oxygen atoms in total. The van der Waals surface area contributed by atoms with Crippen LogP contribution in [0.3, 0.4) is 0 Å². The lowest BCUT2D eigenvalue weighted by Gasteiger charge is -2.15. The first-order valence-corrected chi connectivity index (χ1v) is 14.8. The Morgan fingerprint density at radius 2 is 0.765 bits per heavy atom. The van der Waals surface area contributed by atoms with Crippen LogP contribution in [0.5, 0.6) is 0 Å². The molecule has 5 aromatic heterocycles. The minimum absolute atomic E-state index is 0.476. The Hall–Kier alpha value is -7.12. The first kappa shape index (κ1) is 12.3. The number of para-hydroxylation sites is 6. The van der Waals surface area contributed by atoms with Crippen molar-refractivity contribution in [2.24, 2.45) is 0 Å². The fourth-order valence-corrected chi connectivity index (χ4v) is 6.14. The van der Waals surface area contributed by atoms with Crippen LogP contribution >= 0.6 is 0 Å². The van der Waals surface area contributed by atoms with E-state index in [2.05, 4.69) is 19.9 Å². The summed E-state index contributed by atoms with van der Waals surface area (Å²) in [5.41, 5.74) is -5.38. The minimum atomic E-state index is -1.06. The fourth-order valence-electron chi connectivity index (χ4n) is 6.14. The Morgan fingerprint density at radius 3 is 1.27 bits per heavy atom. The molecule has 5 heterocycles. The number of aromatic nitrogens is 7. The molecule has 0 saturated heterocycles. The van der Waals surface area contributed by atoms with Crippen molar-refractivity contribution in [3.8, 4) is 29.0 Å².